The Hall–Kier alpha value is -0.690. The van der Waals surface area contributed by atoms with Gasteiger partial charge in [-0.3, -0.25) is 4.99 Å². The Balaban J connectivity index is 0.00000289. The third-order valence-corrected chi connectivity index (χ3v) is 2.47. The van der Waals surface area contributed by atoms with Crippen LogP contribution in [0.25, 0.3) is 0 Å². The first-order valence-corrected chi connectivity index (χ1v) is 5.90. The second-order valence-electron chi connectivity index (χ2n) is 3.56. The highest BCUT2D eigenvalue weighted by Gasteiger charge is 2.01. The summed E-state index contributed by atoms with van der Waals surface area (Å²) in [7, 11) is 1.89. The predicted molar refractivity (Wildman–Crippen MR) is 87.2 cm³/mol. The van der Waals surface area contributed by atoms with Crippen molar-refractivity contribution in [3.05, 3.63) is 29.3 Å². The summed E-state index contributed by atoms with van der Waals surface area (Å²) in [5.41, 5.74) is 5.73. The van der Waals surface area contributed by atoms with E-state index in [0.29, 0.717) is 30.7 Å². The molecule has 1 rings (SSSR count). The van der Waals surface area contributed by atoms with Crippen molar-refractivity contribution in [1.29, 1.82) is 0 Å². The Morgan fingerprint density at radius 3 is 2.56 bits per heavy atom. The average Bonchev–Trinajstić information content (AvgIpc) is 2.32. The van der Waals surface area contributed by atoms with E-state index in [1.54, 1.807) is 12.1 Å². The van der Waals surface area contributed by atoms with Gasteiger partial charge in [-0.2, -0.15) is 0 Å². The number of hydrogen-bond donors (Lipinski definition) is 1. The minimum atomic E-state index is 0. The number of guanidine groups is 1. The minimum absolute atomic E-state index is 0. The molecule has 0 aliphatic heterocycles. The Kier molecular flexibility index (Phi) is 8.91. The molecular weight excluding hydrogens is 365 g/mol. The van der Waals surface area contributed by atoms with Gasteiger partial charge in [0.05, 0.1) is 6.54 Å². The first-order chi connectivity index (χ1) is 8.13. The molecule has 102 valence electrons. The van der Waals surface area contributed by atoms with Gasteiger partial charge in [0, 0.05) is 18.6 Å². The molecule has 18 heavy (non-hydrogen) atoms. The van der Waals surface area contributed by atoms with E-state index in [1.165, 1.54) is 0 Å². The number of nitrogens with two attached hydrogens (primary N) is 1. The number of halogens is 2. The van der Waals surface area contributed by atoms with Crippen LogP contribution in [-0.4, -0.2) is 37.6 Å². The molecule has 0 heterocycles. The van der Waals surface area contributed by atoms with Gasteiger partial charge in [0.1, 0.15) is 12.4 Å². The molecule has 0 spiro atoms. The second-order valence-corrected chi connectivity index (χ2v) is 3.99. The van der Waals surface area contributed by atoms with Crippen LogP contribution in [0.1, 0.15) is 6.92 Å². The predicted octanol–water partition coefficient (Wildman–Crippen LogP) is 2.60. The largest absolute Gasteiger partial charge is 0.492 e. The number of ether oxygens (including phenoxy) is 1. The molecule has 4 nitrogen and oxygen atoms in total. The number of hydrogen-bond acceptors (Lipinski definition) is 2. The monoisotopic (exact) mass is 383 g/mol. The van der Waals surface area contributed by atoms with Gasteiger partial charge in [0.2, 0.25) is 0 Å². The topological polar surface area (TPSA) is 50.8 Å². The van der Waals surface area contributed by atoms with Crippen molar-refractivity contribution in [3.8, 4) is 5.75 Å². The van der Waals surface area contributed by atoms with Crippen LogP contribution >= 0.6 is 35.6 Å². The highest BCUT2D eigenvalue weighted by Crippen LogP contribution is 2.15. The zero-order valence-electron chi connectivity index (χ0n) is 10.6. The second kappa shape index (κ2) is 9.27. The molecule has 0 saturated heterocycles. The van der Waals surface area contributed by atoms with Crippen LogP contribution in [0, 0.1) is 0 Å². The van der Waals surface area contributed by atoms with E-state index in [-0.39, 0.29) is 24.0 Å². The van der Waals surface area contributed by atoms with Crippen LogP contribution in [0.3, 0.4) is 0 Å². The molecule has 0 saturated carbocycles. The van der Waals surface area contributed by atoms with Gasteiger partial charge >= 0.3 is 0 Å². The molecule has 0 aromatic heterocycles. The Morgan fingerprint density at radius 1 is 1.39 bits per heavy atom. The fourth-order valence-corrected chi connectivity index (χ4v) is 1.35. The lowest BCUT2D eigenvalue weighted by Crippen LogP contribution is -2.36. The summed E-state index contributed by atoms with van der Waals surface area (Å²) in [6.07, 6.45) is 0. The molecule has 0 bridgehead atoms. The lowest BCUT2D eigenvalue weighted by molar-refractivity contribution is 0.283. The molecule has 0 fully saturated rings. The van der Waals surface area contributed by atoms with E-state index < -0.39 is 0 Å². The summed E-state index contributed by atoms with van der Waals surface area (Å²) < 4.78 is 5.55. The van der Waals surface area contributed by atoms with Crippen LogP contribution in [-0.2, 0) is 0 Å². The SMILES string of the molecule is CCN=C(N)N(C)CCOc1ccc(Cl)cc1.I. The van der Waals surface area contributed by atoms with E-state index in [1.807, 2.05) is 31.0 Å². The number of benzene rings is 1. The third kappa shape index (κ3) is 6.30. The first-order valence-electron chi connectivity index (χ1n) is 5.53. The highest BCUT2D eigenvalue weighted by atomic mass is 127. The number of rotatable bonds is 5. The summed E-state index contributed by atoms with van der Waals surface area (Å²) in [5, 5.41) is 0.703. The minimum Gasteiger partial charge on any atom is -0.492 e. The van der Waals surface area contributed by atoms with Gasteiger partial charge < -0.3 is 15.4 Å². The summed E-state index contributed by atoms with van der Waals surface area (Å²) in [6.45, 7) is 3.88. The van der Waals surface area contributed by atoms with Gasteiger partial charge in [0.15, 0.2) is 5.96 Å². The summed E-state index contributed by atoms with van der Waals surface area (Å²) >= 11 is 5.78. The van der Waals surface area contributed by atoms with Crippen LogP contribution < -0.4 is 10.5 Å². The molecule has 0 unspecified atom stereocenters. The van der Waals surface area contributed by atoms with E-state index in [4.69, 9.17) is 22.1 Å². The molecule has 2 N–H and O–H groups in total. The number of likely N-dealkylation sites (N-methyl/N-ethyl adjacent to an activating group) is 1. The zero-order chi connectivity index (χ0) is 12.7. The molecular formula is C12H19ClIN3O. The van der Waals surface area contributed by atoms with E-state index >= 15 is 0 Å². The molecule has 0 radical (unpaired) electrons. The van der Waals surface area contributed by atoms with Crippen molar-refractivity contribution >= 4 is 41.5 Å². The summed E-state index contributed by atoms with van der Waals surface area (Å²) in [5.74, 6) is 1.33. The standard InChI is InChI=1S/C12H18ClN3O.HI/c1-3-15-12(14)16(2)8-9-17-11-6-4-10(13)5-7-11;/h4-7H,3,8-9H2,1-2H3,(H2,14,15);1H. The van der Waals surface area contributed by atoms with E-state index in [0.717, 1.165) is 5.75 Å². The summed E-state index contributed by atoms with van der Waals surface area (Å²) in [6, 6.07) is 7.28. The van der Waals surface area contributed by atoms with Crippen LogP contribution in [0.4, 0.5) is 0 Å². The maximum absolute atomic E-state index is 5.78. The maximum atomic E-state index is 5.78. The molecule has 1 aromatic carbocycles. The van der Waals surface area contributed by atoms with Crippen molar-refractivity contribution < 1.29 is 4.74 Å². The zero-order valence-corrected chi connectivity index (χ0v) is 13.7. The molecule has 0 atom stereocenters. The van der Waals surface area contributed by atoms with Crippen molar-refractivity contribution in [2.24, 2.45) is 10.7 Å². The number of aliphatic imine (C=N–C) groups is 1. The van der Waals surface area contributed by atoms with Crippen molar-refractivity contribution in [3.63, 3.8) is 0 Å². The lowest BCUT2D eigenvalue weighted by atomic mass is 10.3. The smallest absolute Gasteiger partial charge is 0.191 e. The lowest BCUT2D eigenvalue weighted by Gasteiger charge is -2.18. The van der Waals surface area contributed by atoms with Crippen molar-refractivity contribution in [1.82, 2.24) is 4.90 Å². The van der Waals surface area contributed by atoms with Crippen molar-refractivity contribution in [2.45, 2.75) is 6.92 Å². The van der Waals surface area contributed by atoms with Gasteiger partial charge in [-0.1, -0.05) is 11.6 Å². The molecule has 1 aromatic rings. The average molecular weight is 384 g/mol. The van der Waals surface area contributed by atoms with Crippen LogP contribution in [0.2, 0.25) is 5.02 Å². The highest BCUT2D eigenvalue weighted by molar-refractivity contribution is 14.0. The maximum Gasteiger partial charge on any atom is 0.191 e. The Bertz CT molecular complexity index is 370. The van der Waals surface area contributed by atoms with Crippen molar-refractivity contribution in [2.75, 3.05) is 26.7 Å². The van der Waals surface area contributed by atoms with E-state index in [9.17, 15) is 0 Å². The normalized spacial score (nSPS) is 10.7. The summed E-state index contributed by atoms with van der Waals surface area (Å²) in [4.78, 5) is 5.97. The first kappa shape index (κ1) is 17.3. The van der Waals surface area contributed by atoms with Gasteiger partial charge in [-0.25, -0.2) is 0 Å². The fourth-order valence-electron chi connectivity index (χ4n) is 1.23. The van der Waals surface area contributed by atoms with Gasteiger partial charge in [-0.15, -0.1) is 24.0 Å². The molecule has 0 amide bonds. The Labute approximate surface area is 130 Å². The van der Waals surface area contributed by atoms with Crippen LogP contribution in [0.15, 0.2) is 29.3 Å². The van der Waals surface area contributed by atoms with Crippen LogP contribution in [0.5, 0.6) is 5.75 Å². The molecule has 0 aliphatic rings. The van der Waals surface area contributed by atoms with Gasteiger partial charge in [-0.05, 0) is 31.2 Å². The third-order valence-electron chi connectivity index (χ3n) is 2.22. The molecule has 6 heteroatoms. The quantitative estimate of drug-likeness (QED) is 0.483. The fraction of sp³-hybridized carbons (Fsp3) is 0.417. The number of nitrogens with zero attached hydrogens (tertiary/aromatic N) is 2. The van der Waals surface area contributed by atoms with E-state index in [2.05, 4.69) is 4.99 Å². The van der Waals surface area contributed by atoms with Gasteiger partial charge in [0.25, 0.3) is 0 Å². The molecule has 0 aliphatic carbocycles. The Morgan fingerprint density at radius 2 is 2.00 bits per heavy atom.